The number of benzene rings is 1. The molecule has 0 fully saturated rings. The highest BCUT2D eigenvalue weighted by molar-refractivity contribution is 5.30. The Labute approximate surface area is 126 Å². The molecule has 1 aromatic heterocycles. The van der Waals surface area contributed by atoms with Crippen LogP contribution in [0.3, 0.4) is 0 Å². The van der Waals surface area contributed by atoms with Crippen molar-refractivity contribution in [3.63, 3.8) is 0 Å². The molecule has 112 valence electrons. The molecule has 1 atom stereocenters. The number of nitrogens with one attached hydrogen (secondary N) is 1. The average molecular weight is 285 g/mol. The summed E-state index contributed by atoms with van der Waals surface area (Å²) in [6, 6.07) is 14.5. The van der Waals surface area contributed by atoms with E-state index in [-0.39, 0.29) is 6.04 Å². The number of hydrogen-bond acceptors (Lipinski definition) is 4. The molecule has 21 heavy (non-hydrogen) atoms. The van der Waals surface area contributed by atoms with Crippen molar-refractivity contribution in [2.75, 3.05) is 27.7 Å². The van der Waals surface area contributed by atoms with Crippen LogP contribution in [-0.2, 0) is 6.54 Å². The standard InChI is InChI=1S/C17H23N3O/c1-18-17(14-7-6-9-16(11-14)21-3)13-20(2)12-15-8-4-5-10-19-15/h4-11,17-18H,12-13H2,1-3H3. The van der Waals surface area contributed by atoms with E-state index in [0.29, 0.717) is 0 Å². The monoisotopic (exact) mass is 285 g/mol. The summed E-state index contributed by atoms with van der Waals surface area (Å²) in [5.41, 5.74) is 2.31. The minimum absolute atomic E-state index is 0.258. The van der Waals surface area contributed by atoms with Crippen LogP contribution in [0, 0.1) is 0 Å². The van der Waals surface area contributed by atoms with Crippen LogP contribution >= 0.6 is 0 Å². The van der Waals surface area contributed by atoms with Crippen molar-refractivity contribution in [2.45, 2.75) is 12.6 Å². The van der Waals surface area contributed by atoms with Crippen molar-refractivity contribution in [3.8, 4) is 5.75 Å². The number of rotatable bonds is 7. The number of ether oxygens (including phenoxy) is 1. The van der Waals surface area contributed by atoms with Gasteiger partial charge in [-0.2, -0.15) is 0 Å². The molecule has 1 unspecified atom stereocenters. The molecule has 0 amide bonds. The van der Waals surface area contributed by atoms with E-state index in [1.54, 1.807) is 7.11 Å². The van der Waals surface area contributed by atoms with Gasteiger partial charge in [-0.3, -0.25) is 9.88 Å². The number of pyridine rings is 1. The lowest BCUT2D eigenvalue weighted by Gasteiger charge is -2.24. The molecule has 2 aromatic rings. The van der Waals surface area contributed by atoms with Crippen molar-refractivity contribution in [1.82, 2.24) is 15.2 Å². The largest absolute Gasteiger partial charge is 0.497 e. The van der Waals surface area contributed by atoms with Crippen LogP contribution in [0.2, 0.25) is 0 Å². The number of hydrogen-bond donors (Lipinski definition) is 1. The maximum atomic E-state index is 5.30. The smallest absolute Gasteiger partial charge is 0.119 e. The summed E-state index contributed by atoms with van der Waals surface area (Å²) in [5, 5.41) is 3.37. The molecule has 0 saturated carbocycles. The quantitative estimate of drug-likeness (QED) is 0.848. The normalized spacial score (nSPS) is 12.4. The highest BCUT2D eigenvalue weighted by Crippen LogP contribution is 2.20. The first-order chi connectivity index (χ1) is 10.2. The molecule has 1 N–H and O–H groups in total. The van der Waals surface area contributed by atoms with Crippen LogP contribution in [0.15, 0.2) is 48.7 Å². The zero-order valence-electron chi connectivity index (χ0n) is 12.9. The second-order valence-electron chi connectivity index (χ2n) is 5.14. The van der Waals surface area contributed by atoms with E-state index in [0.717, 1.165) is 24.5 Å². The summed E-state index contributed by atoms with van der Waals surface area (Å²) in [4.78, 5) is 6.64. The first-order valence-corrected chi connectivity index (χ1v) is 7.12. The summed E-state index contributed by atoms with van der Waals surface area (Å²) in [6.45, 7) is 1.74. The zero-order chi connectivity index (χ0) is 15.1. The molecule has 1 heterocycles. The SMILES string of the molecule is CNC(CN(C)Cc1ccccn1)c1cccc(OC)c1. The fourth-order valence-corrected chi connectivity index (χ4v) is 2.37. The van der Waals surface area contributed by atoms with Gasteiger partial charge < -0.3 is 10.1 Å². The Morgan fingerprint density at radius 3 is 2.76 bits per heavy atom. The predicted molar refractivity (Wildman–Crippen MR) is 85.4 cm³/mol. The van der Waals surface area contributed by atoms with Crippen LogP contribution in [-0.4, -0.2) is 37.6 Å². The predicted octanol–water partition coefficient (Wildman–Crippen LogP) is 2.48. The summed E-state index contributed by atoms with van der Waals surface area (Å²) >= 11 is 0. The number of aromatic nitrogens is 1. The Hall–Kier alpha value is -1.91. The van der Waals surface area contributed by atoms with Gasteiger partial charge in [-0.25, -0.2) is 0 Å². The summed E-state index contributed by atoms with van der Waals surface area (Å²) < 4.78 is 5.30. The van der Waals surface area contributed by atoms with E-state index >= 15 is 0 Å². The fraction of sp³-hybridized carbons (Fsp3) is 0.353. The second-order valence-corrected chi connectivity index (χ2v) is 5.14. The third kappa shape index (κ3) is 4.55. The molecule has 0 aliphatic carbocycles. The topological polar surface area (TPSA) is 37.4 Å². The molecule has 0 spiro atoms. The maximum absolute atomic E-state index is 5.30. The van der Waals surface area contributed by atoms with Gasteiger partial charge in [0.1, 0.15) is 5.75 Å². The van der Waals surface area contributed by atoms with E-state index in [2.05, 4.69) is 40.4 Å². The molecule has 0 saturated heterocycles. The van der Waals surface area contributed by atoms with Crippen molar-refractivity contribution in [2.24, 2.45) is 0 Å². The summed E-state index contributed by atoms with van der Waals surface area (Å²) in [5.74, 6) is 0.889. The maximum Gasteiger partial charge on any atom is 0.119 e. The van der Waals surface area contributed by atoms with Crippen molar-refractivity contribution >= 4 is 0 Å². The zero-order valence-corrected chi connectivity index (χ0v) is 12.9. The van der Waals surface area contributed by atoms with Crippen LogP contribution in [0.25, 0.3) is 0 Å². The lowest BCUT2D eigenvalue weighted by Crippen LogP contribution is -2.31. The third-order valence-corrected chi connectivity index (χ3v) is 3.50. The highest BCUT2D eigenvalue weighted by Gasteiger charge is 2.13. The van der Waals surface area contributed by atoms with E-state index in [9.17, 15) is 0 Å². The van der Waals surface area contributed by atoms with E-state index in [1.807, 2.05) is 37.5 Å². The highest BCUT2D eigenvalue weighted by atomic mass is 16.5. The Kier molecular flexibility index (Phi) is 5.72. The van der Waals surface area contributed by atoms with Gasteiger partial charge in [0.15, 0.2) is 0 Å². The molecular weight excluding hydrogens is 262 g/mol. The van der Waals surface area contributed by atoms with Crippen LogP contribution in [0.1, 0.15) is 17.3 Å². The molecule has 0 bridgehead atoms. The van der Waals surface area contributed by atoms with E-state index in [1.165, 1.54) is 5.56 Å². The fourth-order valence-electron chi connectivity index (χ4n) is 2.37. The first kappa shape index (κ1) is 15.5. The van der Waals surface area contributed by atoms with Crippen LogP contribution in [0.5, 0.6) is 5.75 Å². The Morgan fingerprint density at radius 2 is 2.10 bits per heavy atom. The van der Waals surface area contributed by atoms with Gasteiger partial charge in [0.25, 0.3) is 0 Å². The molecule has 0 aliphatic heterocycles. The van der Waals surface area contributed by atoms with E-state index < -0.39 is 0 Å². The minimum Gasteiger partial charge on any atom is -0.497 e. The molecular formula is C17H23N3O. The number of methoxy groups -OCH3 is 1. The molecule has 1 aromatic carbocycles. The van der Waals surface area contributed by atoms with Crippen LogP contribution < -0.4 is 10.1 Å². The van der Waals surface area contributed by atoms with Gasteiger partial charge >= 0.3 is 0 Å². The Bertz CT molecular complexity index is 545. The van der Waals surface area contributed by atoms with Gasteiger partial charge in [-0.05, 0) is 43.9 Å². The van der Waals surface area contributed by atoms with Crippen LogP contribution in [0.4, 0.5) is 0 Å². The van der Waals surface area contributed by atoms with E-state index in [4.69, 9.17) is 4.74 Å². The summed E-state index contributed by atoms with van der Waals surface area (Å²) in [7, 11) is 5.79. The van der Waals surface area contributed by atoms with Crippen molar-refractivity contribution in [3.05, 3.63) is 59.9 Å². The van der Waals surface area contributed by atoms with Crippen molar-refractivity contribution in [1.29, 1.82) is 0 Å². The molecule has 4 nitrogen and oxygen atoms in total. The Balaban J connectivity index is 2.01. The van der Waals surface area contributed by atoms with Gasteiger partial charge in [0.05, 0.1) is 12.8 Å². The third-order valence-electron chi connectivity index (χ3n) is 3.50. The van der Waals surface area contributed by atoms with Gasteiger partial charge in [-0.15, -0.1) is 0 Å². The number of nitrogens with zero attached hydrogens (tertiary/aromatic N) is 2. The molecule has 4 heteroatoms. The average Bonchev–Trinajstić information content (AvgIpc) is 2.53. The lowest BCUT2D eigenvalue weighted by atomic mass is 10.1. The number of likely N-dealkylation sites (N-methyl/N-ethyl adjacent to an activating group) is 2. The lowest BCUT2D eigenvalue weighted by molar-refractivity contribution is 0.286. The Morgan fingerprint density at radius 1 is 1.24 bits per heavy atom. The summed E-state index contributed by atoms with van der Waals surface area (Å²) in [6.07, 6.45) is 1.83. The second kappa shape index (κ2) is 7.76. The minimum atomic E-state index is 0.258. The van der Waals surface area contributed by atoms with Gasteiger partial charge in [-0.1, -0.05) is 18.2 Å². The van der Waals surface area contributed by atoms with Gasteiger partial charge in [0, 0.05) is 25.3 Å². The first-order valence-electron chi connectivity index (χ1n) is 7.12. The molecule has 0 aliphatic rings. The van der Waals surface area contributed by atoms with Crippen molar-refractivity contribution < 1.29 is 4.74 Å². The molecule has 2 rings (SSSR count). The molecule has 0 radical (unpaired) electrons. The van der Waals surface area contributed by atoms with Gasteiger partial charge in [0.2, 0.25) is 0 Å².